The van der Waals surface area contributed by atoms with Crippen molar-refractivity contribution in [2.24, 2.45) is 0 Å². The second kappa shape index (κ2) is 7.59. The van der Waals surface area contributed by atoms with Gasteiger partial charge in [-0.3, -0.25) is 14.4 Å². The molecule has 4 atom stereocenters. The molecule has 7 nitrogen and oxygen atoms in total. The molecule has 1 saturated heterocycles. The van der Waals surface area contributed by atoms with E-state index in [4.69, 9.17) is 4.74 Å². The summed E-state index contributed by atoms with van der Waals surface area (Å²) in [5.74, 6) is -1.38. The number of hydrogen-bond acceptors (Lipinski definition) is 5. The van der Waals surface area contributed by atoms with Crippen molar-refractivity contribution < 1.29 is 24.2 Å². The number of ether oxygens (including phenoxy) is 1. The van der Waals surface area contributed by atoms with Crippen molar-refractivity contribution in [1.29, 1.82) is 0 Å². The summed E-state index contributed by atoms with van der Waals surface area (Å²) in [6.45, 7) is 5.28. The first-order valence-corrected chi connectivity index (χ1v) is 8.05. The van der Waals surface area contributed by atoms with E-state index in [0.29, 0.717) is 11.3 Å². The van der Waals surface area contributed by atoms with Gasteiger partial charge in [0.15, 0.2) is 6.10 Å². The van der Waals surface area contributed by atoms with Crippen LogP contribution in [0, 0.1) is 0 Å². The highest BCUT2D eigenvalue weighted by molar-refractivity contribution is 9.09. The third-order valence-electron chi connectivity index (χ3n) is 3.60. The van der Waals surface area contributed by atoms with Crippen molar-refractivity contribution >= 4 is 34.1 Å². The van der Waals surface area contributed by atoms with Crippen LogP contribution >= 0.6 is 15.9 Å². The summed E-state index contributed by atoms with van der Waals surface area (Å²) in [4.78, 5) is 34.7. The molecule has 0 aromatic heterocycles. The van der Waals surface area contributed by atoms with Gasteiger partial charge in [0.2, 0.25) is 6.29 Å². The fourth-order valence-corrected chi connectivity index (χ4v) is 3.44. The summed E-state index contributed by atoms with van der Waals surface area (Å²) in [6, 6.07) is 7.88. The second-order valence-corrected chi connectivity index (χ2v) is 6.31. The van der Waals surface area contributed by atoms with E-state index in [1.807, 2.05) is 6.07 Å². The molecule has 1 amide bonds. The average Bonchev–Trinajstić information content (AvgIpc) is 2.56. The summed E-state index contributed by atoms with van der Waals surface area (Å²) in [6.07, 6.45) is -1.22. The fraction of sp³-hybridized carbons (Fsp3) is 0.312. The fourth-order valence-electron chi connectivity index (χ4n) is 2.55. The van der Waals surface area contributed by atoms with Crippen molar-refractivity contribution in [3.63, 3.8) is 0 Å². The SMILES string of the molecule is C=C(C)C(C(=O)O)N1C(Br)C(Oc2ccccc2)C1NC(=O)C=O. The number of likely N-dealkylation sites (tertiary alicyclic amines) is 1. The van der Waals surface area contributed by atoms with Gasteiger partial charge in [0.05, 0.1) is 0 Å². The second-order valence-electron chi connectivity index (χ2n) is 5.37. The number of carbonyl (C=O) groups is 3. The number of nitrogens with zero attached hydrogens (tertiary/aromatic N) is 1. The molecule has 128 valence electrons. The molecule has 1 aromatic rings. The Bertz CT molecular complexity index is 637. The highest BCUT2D eigenvalue weighted by Gasteiger charge is 2.54. The summed E-state index contributed by atoms with van der Waals surface area (Å²) in [7, 11) is 0. The van der Waals surface area contributed by atoms with Crippen LogP contribution in [0.15, 0.2) is 42.5 Å². The molecule has 8 heteroatoms. The van der Waals surface area contributed by atoms with Crippen LogP contribution in [-0.2, 0) is 14.4 Å². The molecule has 1 aromatic carbocycles. The normalized spacial score (nSPS) is 24.3. The maximum Gasteiger partial charge on any atom is 0.325 e. The predicted molar refractivity (Wildman–Crippen MR) is 89.6 cm³/mol. The van der Waals surface area contributed by atoms with Crippen molar-refractivity contribution in [2.75, 3.05) is 0 Å². The molecule has 0 radical (unpaired) electrons. The number of halogens is 1. The van der Waals surface area contributed by atoms with Crippen LogP contribution in [0.4, 0.5) is 0 Å². The first-order chi connectivity index (χ1) is 11.4. The highest BCUT2D eigenvalue weighted by Crippen LogP contribution is 2.36. The quantitative estimate of drug-likeness (QED) is 0.236. The monoisotopic (exact) mass is 396 g/mol. The first-order valence-electron chi connectivity index (χ1n) is 7.14. The summed E-state index contributed by atoms with van der Waals surface area (Å²) in [5.41, 5.74) is 0.399. The number of rotatable bonds is 7. The van der Waals surface area contributed by atoms with Gasteiger partial charge >= 0.3 is 5.97 Å². The summed E-state index contributed by atoms with van der Waals surface area (Å²) in [5, 5.41) is 11.9. The van der Waals surface area contributed by atoms with Crippen molar-refractivity contribution in [2.45, 2.75) is 30.2 Å². The number of carboxylic acid groups (broad SMARTS) is 1. The Labute approximate surface area is 147 Å². The van der Waals surface area contributed by atoms with E-state index in [-0.39, 0.29) is 6.29 Å². The molecular formula is C16H17BrN2O5. The number of hydrogen-bond donors (Lipinski definition) is 2. The molecule has 1 fully saturated rings. The number of benzene rings is 1. The van der Waals surface area contributed by atoms with E-state index in [2.05, 4.69) is 27.8 Å². The number of aldehydes is 1. The van der Waals surface area contributed by atoms with E-state index in [1.54, 1.807) is 31.2 Å². The third kappa shape index (κ3) is 3.65. The van der Waals surface area contributed by atoms with Gasteiger partial charge in [0.1, 0.15) is 22.9 Å². The summed E-state index contributed by atoms with van der Waals surface area (Å²) < 4.78 is 5.82. The number of nitrogens with one attached hydrogen (secondary N) is 1. The zero-order valence-electron chi connectivity index (χ0n) is 12.9. The van der Waals surface area contributed by atoms with E-state index in [9.17, 15) is 19.5 Å². The van der Waals surface area contributed by atoms with Gasteiger partial charge < -0.3 is 15.2 Å². The van der Waals surface area contributed by atoms with Crippen LogP contribution in [0.2, 0.25) is 0 Å². The van der Waals surface area contributed by atoms with Crippen molar-refractivity contribution in [3.05, 3.63) is 42.5 Å². The highest BCUT2D eigenvalue weighted by atomic mass is 79.9. The van der Waals surface area contributed by atoms with Gasteiger partial charge in [0, 0.05) is 0 Å². The topological polar surface area (TPSA) is 95.9 Å². The zero-order chi connectivity index (χ0) is 17.9. The number of carbonyl (C=O) groups excluding carboxylic acids is 2. The van der Waals surface area contributed by atoms with Gasteiger partial charge in [-0.25, -0.2) is 4.90 Å². The van der Waals surface area contributed by atoms with Gasteiger partial charge in [0.25, 0.3) is 5.91 Å². The Hall–Kier alpha value is -2.19. The van der Waals surface area contributed by atoms with Gasteiger partial charge in [-0.2, -0.15) is 0 Å². The van der Waals surface area contributed by atoms with Crippen LogP contribution in [0.3, 0.4) is 0 Å². The molecule has 2 rings (SSSR count). The van der Waals surface area contributed by atoms with Crippen molar-refractivity contribution in [3.8, 4) is 5.75 Å². The molecule has 1 heterocycles. The molecule has 2 N–H and O–H groups in total. The first kappa shape index (κ1) is 18.2. The van der Waals surface area contributed by atoms with E-state index < -0.39 is 35.1 Å². The van der Waals surface area contributed by atoms with Crippen molar-refractivity contribution in [1.82, 2.24) is 10.2 Å². The molecule has 1 aliphatic heterocycles. The maximum absolute atomic E-state index is 11.5. The van der Waals surface area contributed by atoms with Crippen LogP contribution in [0.1, 0.15) is 6.92 Å². The minimum absolute atomic E-state index is 0.135. The number of para-hydroxylation sites is 1. The van der Waals surface area contributed by atoms with Crippen LogP contribution in [0.5, 0.6) is 5.75 Å². The standard InChI is InChI=1S/C16H17BrN2O5/c1-9(2)12(16(22)23)19-14(17)13(15(19)18-11(21)8-20)24-10-6-4-3-5-7-10/h3-8,12-15H,1H2,2H3,(H,18,21)(H,22,23). The molecule has 1 aliphatic rings. The summed E-state index contributed by atoms with van der Waals surface area (Å²) >= 11 is 3.40. The van der Waals surface area contributed by atoms with Crippen LogP contribution < -0.4 is 10.1 Å². The third-order valence-corrected chi connectivity index (χ3v) is 4.59. The lowest BCUT2D eigenvalue weighted by molar-refractivity contribution is -0.157. The lowest BCUT2D eigenvalue weighted by Gasteiger charge is -2.53. The van der Waals surface area contributed by atoms with Gasteiger partial charge in [-0.15, -0.1) is 0 Å². The van der Waals surface area contributed by atoms with E-state index in [0.717, 1.165) is 0 Å². The minimum atomic E-state index is -1.10. The number of amides is 1. The van der Waals surface area contributed by atoms with Crippen LogP contribution in [0.25, 0.3) is 0 Å². The largest absolute Gasteiger partial charge is 0.484 e. The predicted octanol–water partition coefficient (Wildman–Crippen LogP) is 1.14. The lowest BCUT2D eigenvalue weighted by atomic mass is 9.98. The molecule has 24 heavy (non-hydrogen) atoms. The lowest BCUT2D eigenvalue weighted by Crippen LogP contribution is -2.76. The number of aliphatic carboxylic acids is 1. The molecule has 0 aliphatic carbocycles. The Morgan fingerprint density at radius 1 is 1.42 bits per heavy atom. The van der Waals surface area contributed by atoms with Gasteiger partial charge in [-0.05, 0) is 19.1 Å². The van der Waals surface area contributed by atoms with E-state index in [1.165, 1.54) is 4.90 Å². The Morgan fingerprint density at radius 2 is 2.04 bits per heavy atom. The van der Waals surface area contributed by atoms with Crippen LogP contribution in [-0.4, -0.2) is 51.4 Å². The molecule has 4 unspecified atom stereocenters. The smallest absolute Gasteiger partial charge is 0.325 e. The molecule has 0 spiro atoms. The molecule has 0 bridgehead atoms. The van der Waals surface area contributed by atoms with Gasteiger partial charge in [-0.1, -0.05) is 46.3 Å². The Kier molecular flexibility index (Phi) is 5.74. The molecular weight excluding hydrogens is 380 g/mol. The van der Waals surface area contributed by atoms with E-state index >= 15 is 0 Å². The zero-order valence-corrected chi connectivity index (χ0v) is 14.5. The molecule has 0 saturated carbocycles. The number of alkyl halides is 1. The Morgan fingerprint density at radius 3 is 2.54 bits per heavy atom. The maximum atomic E-state index is 11.5. The minimum Gasteiger partial charge on any atom is -0.484 e. The number of carboxylic acids is 1. The average molecular weight is 397 g/mol. The Balaban J connectivity index is 2.25.